The van der Waals surface area contributed by atoms with Crippen LogP contribution in [0.15, 0.2) is 48.0 Å². The first-order valence-electron chi connectivity index (χ1n) is 7.40. The Labute approximate surface area is 140 Å². The quantitative estimate of drug-likeness (QED) is 0.292. The monoisotopic (exact) mass is 364 g/mol. The molecule has 1 fully saturated rings. The summed E-state index contributed by atoms with van der Waals surface area (Å²) in [6.07, 6.45) is 4.04. The average molecular weight is 365 g/mol. The normalized spacial score (nSPS) is 21.1. The van der Waals surface area contributed by atoms with E-state index >= 15 is 0 Å². The summed E-state index contributed by atoms with van der Waals surface area (Å²) in [6.45, 7) is 5.37. The molecule has 0 saturated carbocycles. The van der Waals surface area contributed by atoms with Gasteiger partial charge in [-0.25, -0.2) is 0 Å². The molecular formula is C17H21BrN2O2. The first-order chi connectivity index (χ1) is 10.8. The van der Waals surface area contributed by atoms with Crippen molar-refractivity contribution in [3.63, 3.8) is 0 Å². The summed E-state index contributed by atoms with van der Waals surface area (Å²) in [5.41, 5.74) is 1.07. The summed E-state index contributed by atoms with van der Waals surface area (Å²) in [5, 5.41) is 0.878. The predicted octanol–water partition coefficient (Wildman–Crippen LogP) is 2.82. The second-order valence-corrected chi connectivity index (χ2v) is 5.88. The average Bonchev–Trinajstić information content (AvgIpc) is 2.55. The van der Waals surface area contributed by atoms with Gasteiger partial charge < -0.3 is 9.64 Å². The van der Waals surface area contributed by atoms with Crippen molar-refractivity contribution in [2.75, 3.05) is 18.4 Å². The van der Waals surface area contributed by atoms with E-state index in [1.54, 1.807) is 6.08 Å². The molecule has 0 bridgehead atoms. The van der Waals surface area contributed by atoms with Crippen LogP contribution in [0, 0.1) is 0 Å². The van der Waals surface area contributed by atoms with E-state index in [1.165, 1.54) is 0 Å². The number of benzene rings is 1. The van der Waals surface area contributed by atoms with E-state index in [-0.39, 0.29) is 11.9 Å². The molecular weight excluding hydrogens is 344 g/mol. The lowest BCUT2D eigenvalue weighted by atomic mass is 9.98. The van der Waals surface area contributed by atoms with Gasteiger partial charge in [0.1, 0.15) is 6.04 Å². The molecule has 2 atom stereocenters. The summed E-state index contributed by atoms with van der Waals surface area (Å²) >= 11 is 3.40. The van der Waals surface area contributed by atoms with Crippen molar-refractivity contribution in [3.8, 4) is 0 Å². The number of β-lactam (4-membered cyclic amide) rings is 1. The maximum absolute atomic E-state index is 12.2. The van der Waals surface area contributed by atoms with Gasteiger partial charge in [0.05, 0.1) is 13.2 Å². The van der Waals surface area contributed by atoms with Gasteiger partial charge in [-0.05, 0) is 12.0 Å². The molecule has 118 valence electrons. The highest BCUT2D eigenvalue weighted by Crippen LogP contribution is 2.23. The Balaban J connectivity index is 1.95. The first-order valence-corrected chi connectivity index (χ1v) is 8.53. The van der Waals surface area contributed by atoms with Crippen LogP contribution in [-0.2, 0) is 16.1 Å². The molecule has 1 aliphatic rings. The van der Waals surface area contributed by atoms with Crippen molar-refractivity contribution in [3.05, 3.63) is 48.6 Å². The fraction of sp³-hybridized carbons (Fsp3) is 0.412. The number of hydrogen-bond donors (Lipinski definition) is 0. The van der Waals surface area contributed by atoms with Crippen LogP contribution in [0.2, 0.25) is 0 Å². The molecule has 22 heavy (non-hydrogen) atoms. The van der Waals surface area contributed by atoms with Gasteiger partial charge in [-0.2, -0.15) is 0 Å². The van der Waals surface area contributed by atoms with Crippen LogP contribution < -0.4 is 0 Å². The Morgan fingerprint density at radius 3 is 2.82 bits per heavy atom. The highest BCUT2D eigenvalue weighted by Gasteiger charge is 2.46. The highest BCUT2D eigenvalue weighted by molar-refractivity contribution is 9.09. The molecule has 1 saturated heterocycles. The molecule has 0 aliphatic carbocycles. The maximum Gasteiger partial charge on any atom is 0.254 e. The van der Waals surface area contributed by atoms with E-state index in [0.29, 0.717) is 13.2 Å². The van der Waals surface area contributed by atoms with Crippen LogP contribution in [-0.4, -0.2) is 47.6 Å². The Hall–Kier alpha value is -1.46. The zero-order valence-corrected chi connectivity index (χ0v) is 14.1. The van der Waals surface area contributed by atoms with E-state index in [4.69, 9.17) is 4.74 Å². The van der Waals surface area contributed by atoms with E-state index in [1.807, 2.05) is 41.4 Å². The lowest BCUT2D eigenvalue weighted by Crippen LogP contribution is -2.66. The lowest BCUT2D eigenvalue weighted by Gasteiger charge is -2.44. The largest absolute Gasteiger partial charge is 0.361 e. The van der Waals surface area contributed by atoms with Gasteiger partial charge in [0.15, 0.2) is 6.10 Å². The standard InChI is InChI=1S/C17H21BrN2O2/c1-2-10-19-12-15-16(17(21)20(15)11-6-9-18)22-13-14-7-4-3-5-8-14/h2-5,7-8,12,15-16H,1,6,9-11,13H2/t15-,16+/m0/s1. The van der Waals surface area contributed by atoms with Gasteiger partial charge in [0.2, 0.25) is 0 Å². The van der Waals surface area contributed by atoms with Gasteiger partial charge in [0.25, 0.3) is 5.91 Å². The number of amides is 1. The van der Waals surface area contributed by atoms with Crippen molar-refractivity contribution in [1.82, 2.24) is 4.90 Å². The van der Waals surface area contributed by atoms with Crippen LogP contribution in [0.5, 0.6) is 0 Å². The number of likely N-dealkylation sites (tertiary alicyclic amines) is 1. The number of nitrogens with zero attached hydrogens (tertiary/aromatic N) is 2. The van der Waals surface area contributed by atoms with Crippen molar-refractivity contribution < 1.29 is 9.53 Å². The minimum absolute atomic E-state index is 0.0481. The number of alkyl halides is 1. The van der Waals surface area contributed by atoms with Gasteiger partial charge in [-0.15, -0.1) is 6.58 Å². The number of carbonyl (C=O) groups is 1. The summed E-state index contributed by atoms with van der Waals surface area (Å²) in [4.78, 5) is 18.3. The molecule has 1 aromatic carbocycles. The molecule has 0 spiro atoms. The zero-order valence-electron chi connectivity index (χ0n) is 12.5. The molecule has 1 aliphatic heterocycles. The molecule has 4 nitrogen and oxygen atoms in total. The van der Waals surface area contributed by atoms with Crippen LogP contribution in [0.3, 0.4) is 0 Å². The molecule has 0 N–H and O–H groups in total. The third-order valence-corrected chi connectivity index (χ3v) is 4.05. The smallest absolute Gasteiger partial charge is 0.254 e. The van der Waals surface area contributed by atoms with Crippen LogP contribution in [0.1, 0.15) is 12.0 Å². The van der Waals surface area contributed by atoms with Crippen molar-refractivity contribution >= 4 is 28.1 Å². The third-order valence-electron chi connectivity index (χ3n) is 3.49. The Morgan fingerprint density at radius 2 is 2.14 bits per heavy atom. The van der Waals surface area contributed by atoms with E-state index in [0.717, 1.165) is 23.9 Å². The van der Waals surface area contributed by atoms with Crippen molar-refractivity contribution in [2.24, 2.45) is 4.99 Å². The molecule has 1 heterocycles. The Morgan fingerprint density at radius 1 is 1.36 bits per heavy atom. The lowest BCUT2D eigenvalue weighted by molar-refractivity contribution is -0.168. The molecule has 2 rings (SSSR count). The fourth-order valence-electron chi connectivity index (χ4n) is 2.36. The van der Waals surface area contributed by atoms with Gasteiger partial charge >= 0.3 is 0 Å². The summed E-state index contributed by atoms with van der Waals surface area (Å²) in [7, 11) is 0. The molecule has 0 unspecified atom stereocenters. The second kappa shape index (κ2) is 8.86. The van der Waals surface area contributed by atoms with Gasteiger partial charge in [-0.3, -0.25) is 9.79 Å². The zero-order chi connectivity index (χ0) is 15.8. The number of hydrogen-bond acceptors (Lipinski definition) is 3. The Bertz CT molecular complexity index is 519. The third kappa shape index (κ3) is 4.27. The second-order valence-electron chi connectivity index (χ2n) is 5.08. The topological polar surface area (TPSA) is 41.9 Å². The van der Waals surface area contributed by atoms with E-state index in [9.17, 15) is 4.79 Å². The number of rotatable bonds is 9. The number of aliphatic imine (C=N–C) groups is 1. The number of carbonyl (C=O) groups excluding carboxylic acids is 1. The Kier molecular flexibility index (Phi) is 6.80. The molecule has 0 radical (unpaired) electrons. The molecule has 0 aromatic heterocycles. The molecule has 5 heteroatoms. The SMILES string of the molecule is C=CCN=C[C@H]1[C@@H](OCc2ccccc2)C(=O)N1CCCBr. The van der Waals surface area contributed by atoms with Crippen molar-refractivity contribution in [2.45, 2.75) is 25.2 Å². The summed E-state index contributed by atoms with van der Waals surface area (Å²) in [6, 6.07) is 9.80. The molecule has 1 amide bonds. The number of halogens is 1. The minimum atomic E-state index is -0.427. The van der Waals surface area contributed by atoms with E-state index < -0.39 is 6.10 Å². The van der Waals surface area contributed by atoms with Gasteiger partial charge in [0, 0.05) is 18.1 Å². The first kappa shape index (κ1) is 16.9. The highest BCUT2D eigenvalue weighted by atomic mass is 79.9. The van der Waals surface area contributed by atoms with Crippen LogP contribution in [0.25, 0.3) is 0 Å². The van der Waals surface area contributed by atoms with E-state index in [2.05, 4.69) is 27.5 Å². The predicted molar refractivity (Wildman–Crippen MR) is 92.5 cm³/mol. The number of ether oxygens (including phenoxy) is 1. The van der Waals surface area contributed by atoms with Crippen LogP contribution in [0.4, 0.5) is 0 Å². The fourth-order valence-corrected chi connectivity index (χ4v) is 2.61. The maximum atomic E-state index is 12.2. The van der Waals surface area contributed by atoms with Gasteiger partial charge in [-0.1, -0.05) is 52.3 Å². The molecule has 1 aromatic rings. The minimum Gasteiger partial charge on any atom is -0.361 e. The van der Waals surface area contributed by atoms with Crippen molar-refractivity contribution in [1.29, 1.82) is 0 Å². The van der Waals surface area contributed by atoms with Crippen LogP contribution >= 0.6 is 15.9 Å². The summed E-state index contributed by atoms with van der Waals surface area (Å²) in [5.74, 6) is 0.0481. The summed E-state index contributed by atoms with van der Waals surface area (Å²) < 4.78 is 5.81.